The number of aromatic amines is 1. The number of halogens is 1. The Balaban J connectivity index is 1.67. The Morgan fingerprint density at radius 3 is 2.21 bits per heavy atom. The van der Waals surface area contributed by atoms with E-state index in [4.69, 9.17) is 4.74 Å². The molecule has 0 saturated carbocycles. The van der Waals surface area contributed by atoms with Crippen LogP contribution in [0.5, 0.6) is 0 Å². The first-order valence-corrected chi connectivity index (χ1v) is 14.0. The second-order valence-electron chi connectivity index (χ2n) is 11.2. The van der Waals surface area contributed by atoms with Crippen molar-refractivity contribution in [2.75, 3.05) is 6.54 Å². The van der Waals surface area contributed by atoms with Crippen LogP contribution in [-0.4, -0.2) is 46.2 Å². The lowest BCUT2D eigenvalue weighted by Crippen LogP contribution is -2.45. The predicted molar refractivity (Wildman–Crippen MR) is 161 cm³/mol. The Morgan fingerprint density at radius 2 is 1.60 bits per heavy atom. The molecule has 1 atom stereocenters. The molecular formula is C33H36FN3O5. The molecule has 0 saturated heterocycles. The molecule has 0 spiro atoms. The third-order valence-electron chi connectivity index (χ3n) is 6.76. The standard InChI is InChI=1S/C33H36FN3O5/c1-5-6-7-25(36-32(41)42-33(2,3)4)19-35-30(38)29-28(21-8-10-22(11-9-21)31(39)40)26-17-14-23(18-27(26)37-29)20-12-15-24(34)16-13-20/h8-18,25,37H,5-7,19H2,1-4H3,(H,35,38)(H,36,41)(H,39,40)/t25-/m0/s1. The molecule has 2 amide bonds. The zero-order valence-corrected chi connectivity index (χ0v) is 24.2. The normalized spacial score (nSPS) is 12.1. The van der Waals surface area contributed by atoms with Gasteiger partial charge in [0.25, 0.3) is 5.91 Å². The summed E-state index contributed by atoms with van der Waals surface area (Å²) in [6, 6.07) is 17.8. The molecule has 0 bridgehead atoms. The maximum absolute atomic E-state index is 13.6. The minimum Gasteiger partial charge on any atom is -0.478 e. The fourth-order valence-electron chi connectivity index (χ4n) is 4.72. The quantitative estimate of drug-likeness (QED) is 0.161. The van der Waals surface area contributed by atoms with Crippen molar-refractivity contribution in [3.8, 4) is 22.3 Å². The lowest BCUT2D eigenvalue weighted by atomic mass is 9.98. The fourth-order valence-corrected chi connectivity index (χ4v) is 4.72. The second kappa shape index (κ2) is 12.9. The summed E-state index contributed by atoms with van der Waals surface area (Å²) in [4.78, 5) is 40.7. The van der Waals surface area contributed by atoms with Gasteiger partial charge in [0, 0.05) is 29.1 Å². The van der Waals surface area contributed by atoms with Crippen LogP contribution < -0.4 is 10.6 Å². The molecule has 0 aliphatic rings. The van der Waals surface area contributed by atoms with E-state index in [1.165, 1.54) is 24.3 Å². The number of alkyl carbamates (subject to hydrolysis) is 1. The number of carbonyl (C=O) groups is 3. The van der Waals surface area contributed by atoms with Gasteiger partial charge < -0.3 is 25.5 Å². The van der Waals surface area contributed by atoms with Crippen LogP contribution >= 0.6 is 0 Å². The molecule has 0 aliphatic carbocycles. The van der Waals surface area contributed by atoms with Gasteiger partial charge in [0.1, 0.15) is 17.1 Å². The van der Waals surface area contributed by atoms with Gasteiger partial charge in [-0.2, -0.15) is 0 Å². The molecule has 0 radical (unpaired) electrons. The number of hydrogen-bond acceptors (Lipinski definition) is 4. The van der Waals surface area contributed by atoms with Crippen LogP contribution in [0.4, 0.5) is 9.18 Å². The molecule has 4 aromatic rings. The van der Waals surface area contributed by atoms with Gasteiger partial charge in [0.2, 0.25) is 0 Å². The monoisotopic (exact) mass is 573 g/mol. The summed E-state index contributed by atoms with van der Waals surface area (Å²) in [5.41, 5.74) is 3.42. The Bertz CT molecular complexity index is 1570. The molecule has 0 unspecified atom stereocenters. The van der Waals surface area contributed by atoms with Gasteiger partial charge in [-0.25, -0.2) is 14.0 Å². The minimum absolute atomic E-state index is 0.134. The summed E-state index contributed by atoms with van der Waals surface area (Å²) < 4.78 is 18.9. The van der Waals surface area contributed by atoms with Crippen LogP contribution in [-0.2, 0) is 4.74 Å². The van der Waals surface area contributed by atoms with E-state index in [9.17, 15) is 23.9 Å². The molecule has 4 N–H and O–H groups in total. The number of ether oxygens (including phenoxy) is 1. The molecule has 42 heavy (non-hydrogen) atoms. The van der Waals surface area contributed by atoms with Gasteiger partial charge in [-0.05, 0) is 74.2 Å². The summed E-state index contributed by atoms with van der Waals surface area (Å²) in [5.74, 6) is -1.75. The number of carboxylic acids is 1. The van der Waals surface area contributed by atoms with Crippen molar-refractivity contribution in [3.05, 3.63) is 83.8 Å². The number of hydrogen-bond donors (Lipinski definition) is 4. The number of rotatable bonds is 10. The van der Waals surface area contributed by atoms with Crippen molar-refractivity contribution in [2.45, 2.75) is 58.6 Å². The van der Waals surface area contributed by atoms with Crippen LogP contribution in [0.2, 0.25) is 0 Å². The van der Waals surface area contributed by atoms with Gasteiger partial charge >= 0.3 is 12.1 Å². The highest BCUT2D eigenvalue weighted by Gasteiger charge is 2.23. The number of H-pyrrole nitrogens is 1. The van der Waals surface area contributed by atoms with Crippen molar-refractivity contribution in [1.29, 1.82) is 0 Å². The zero-order chi connectivity index (χ0) is 30.4. The zero-order valence-electron chi connectivity index (χ0n) is 24.2. The Kier molecular flexibility index (Phi) is 9.30. The van der Waals surface area contributed by atoms with Gasteiger partial charge in [-0.1, -0.05) is 56.2 Å². The van der Waals surface area contributed by atoms with E-state index in [2.05, 4.69) is 22.5 Å². The van der Waals surface area contributed by atoms with E-state index in [1.807, 2.05) is 18.2 Å². The minimum atomic E-state index is -1.04. The number of carboxylic acid groups (broad SMARTS) is 1. The Hall–Kier alpha value is -4.66. The van der Waals surface area contributed by atoms with Gasteiger partial charge in [0.05, 0.1) is 5.56 Å². The number of nitrogens with one attached hydrogen (secondary N) is 3. The molecule has 9 heteroatoms. The molecule has 4 rings (SSSR count). The van der Waals surface area contributed by atoms with Gasteiger partial charge in [0.15, 0.2) is 0 Å². The SMILES string of the molecule is CCCC[C@@H](CNC(=O)c1[nH]c2cc(-c3ccc(F)cc3)ccc2c1-c1ccc(C(=O)O)cc1)NC(=O)OC(C)(C)C. The molecule has 1 aromatic heterocycles. The summed E-state index contributed by atoms with van der Waals surface area (Å²) in [6.45, 7) is 7.60. The second-order valence-corrected chi connectivity index (χ2v) is 11.2. The first kappa shape index (κ1) is 30.3. The first-order valence-electron chi connectivity index (χ1n) is 14.0. The third kappa shape index (κ3) is 7.54. The maximum atomic E-state index is 13.6. The number of unbranched alkanes of at least 4 members (excludes halogenated alkanes) is 1. The maximum Gasteiger partial charge on any atom is 0.407 e. The van der Waals surface area contributed by atoms with E-state index in [-0.39, 0.29) is 29.9 Å². The smallest absolute Gasteiger partial charge is 0.407 e. The number of fused-ring (bicyclic) bond motifs is 1. The lowest BCUT2D eigenvalue weighted by Gasteiger charge is -2.24. The third-order valence-corrected chi connectivity index (χ3v) is 6.76. The van der Waals surface area contributed by atoms with Crippen LogP contribution in [0.3, 0.4) is 0 Å². The molecule has 3 aromatic carbocycles. The molecule has 0 aliphatic heterocycles. The molecule has 220 valence electrons. The van der Waals surface area contributed by atoms with Crippen LogP contribution in [0.15, 0.2) is 66.7 Å². The van der Waals surface area contributed by atoms with E-state index < -0.39 is 17.7 Å². The Labute approximate surface area is 244 Å². The number of aromatic nitrogens is 1. The molecule has 0 fully saturated rings. The largest absolute Gasteiger partial charge is 0.478 e. The van der Waals surface area contributed by atoms with Crippen LogP contribution in [0.1, 0.15) is 67.8 Å². The summed E-state index contributed by atoms with van der Waals surface area (Å²) in [5, 5.41) is 15.9. The lowest BCUT2D eigenvalue weighted by molar-refractivity contribution is 0.0498. The Morgan fingerprint density at radius 1 is 0.952 bits per heavy atom. The summed E-state index contributed by atoms with van der Waals surface area (Å²) >= 11 is 0. The number of amides is 2. The molecular weight excluding hydrogens is 537 g/mol. The number of carbonyl (C=O) groups excluding carboxylic acids is 2. The van der Waals surface area contributed by atoms with Crippen LogP contribution in [0.25, 0.3) is 33.2 Å². The van der Waals surface area contributed by atoms with E-state index in [0.717, 1.165) is 29.4 Å². The van der Waals surface area contributed by atoms with E-state index >= 15 is 0 Å². The van der Waals surface area contributed by atoms with Crippen LogP contribution in [0, 0.1) is 5.82 Å². The summed E-state index contributed by atoms with van der Waals surface area (Å²) in [6.07, 6.45) is 1.90. The van der Waals surface area contributed by atoms with Gasteiger partial charge in [-0.3, -0.25) is 4.79 Å². The van der Waals surface area contributed by atoms with Crippen molar-refractivity contribution in [2.24, 2.45) is 0 Å². The van der Waals surface area contributed by atoms with Crippen molar-refractivity contribution < 1.29 is 28.6 Å². The number of benzene rings is 3. The highest BCUT2D eigenvalue weighted by atomic mass is 19.1. The molecule has 8 nitrogen and oxygen atoms in total. The first-order chi connectivity index (χ1) is 19.9. The highest BCUT2D eigenvalue weighted by molar-refractivity contribution is 6.10. The van der Waals surface area contributed by atoms with Gasteiger partial charge in [-0.15, -0.1) is 0 Å². The topological polar surface area (TPSA) is 121 Å². The average Bonchev–Trinajstić information content (AvgIpc) is 3.32. The summed E-state index contributed by atoms with van der Waals surface area (Å²) in [7, 11) is 0. The van der Waals surface area contributed by atoms with Crippen molar-refractivity contribution in [1.82, 2.24) is 15.6 Å². The predicted octanol–water partition coefficient (Wildman–Crippen LogP) is 7.15. The molecule has 1 heterocycles. The number of aromatic carboxylic acids is 1. The van der Waals surface area contributed by atoms with E-state index in [1.54, 1.807) is 45.0 Å². The highest BCUT2D eigenvalue weighted by Crippen LogP contribution is 2.35. The average molecular weight is 574 g/mol. The van der Waals surface area contributed by atoms with Crippen molar-refractivity contribution >= 4 is 28.9 Å². The van der Waals surface area contributed by atoms with E-state index in [0.29, 0.717) is 28.8 Å². The fraction of sp³-hybridized carbons (Fsp3) is 0.303. The van der Waals surface area contributed by atoms with Crippen molar-refractivity contribution in [3.63, 3.8) is 0 Å².